The van der Waals surface area contributed by atoms with Crippen LogP contribution in [0.15, 0.2) is 30.5 Å². The fraction of sp³-hybridized carbons (Fsp3) is 0.607. The minimum Gasteiger partial charge on any atom is -0.492 e. The molecule has 2 saturated heterocycles. The Labute approximate surface area is 218 Å². The highest BCUT2D eigenvalue weighted by Crippen LogP contribution is 2.43. The van der Waals surface area contributed by atoms with Gasteiger partial charge in [-0.05, 0) is 62.8 Å². The Balaban J connectivity index is 1.17. The maximum atomic E-state index is 13.2. The molecule has 1 saturated carbocycles. The summed E-state index contributed by atoms with van der Waals surface area (Å²) in [6.45, 7) is 5.86. The third-order valence-electron chi connectivity index (χ3n) is 8.39. The number of nitrogens with zero attached hydrogens (tertiary/aromatic N) is 4. The third kappa shape index (κ3) is 5.11. The molecule has 1 spiro atoms. The van der Waals surface area contributed by atoms with E-state index in [4.69, 9.17) is 14.5 Å². The van der Waals surface area contributed by atoms with Crippen molar-refractivity contribution < 1.29 is 14.3 Å². The summed E-state index contributed by atoms with van der Waals surface area (Å²) in [5.74, 6) is 2.54. The topological polar surface area (TPSA) is 91.8 Å². The molecule has 1 atom stereocenters. The van der Waals surface area contributed by atoms with Gasteiger partial charge in [-0.2, -0.15) is 4.98 Å². The average Bonchev–Trinajstić information content (AvgIpc) is 3.54. The molecule has 1 aromatic carbocycles. The smallest absolute Gasteiger partial charge is 0.246 e. The summed E-state index contributed by atoms with van der Waals surface area (Å²) in [6, 6.07) is 8.32. The van der Waals surface area contributed by atoms with Crippen molar-refractivity contribution in [3.8, 4) is 5.75 Å². The van der Waals surface area contributed by atoms with Gasteiger partial charge in [0.05, 0.1) is 13.2 Å². The van der Waals surface area contributed by atoms with E-state index in [1.807, 2.05) is 30.5 Å². The molecule has 1 aliphatic carbocycles. The van der Waals surface area contributed by atoms with Crippen molar-refractivity contribution in [1.82, 2.24) is 20.2 Å². The van der Waals surface area contributed by atoms with Crippen molar-refractivity contribution in [2.24, 2.45) is 0 Å². The van der Waals surface area contributed by atoms with Gasteiger partial charge in [-0.3, -0.25) is 9.69 Å². The second kappa shape index (κ2) is 10.8. The minimum atomic E-state index is -0.480. The molecule has 0 bridgehead atoms. The number of nitrogens with one attached hydrogen (secondary N) is 2. The number of hydrogen-bond acceptors (Lipinski definition) is 8. The van der Waals surface area contributed by atoms with Gasteiger partial charge in [0.25, 0.3) is 0 Å². The number of amides is 1. The van der Waals surface area contributed by atoms with E-state index < -0.39 is 5.54 Å². The molecule has 1 unspecified atom stereocenters. The second-order valence-electron chi connectivity index (χ2n) is 10.7. The lowest BCUT2D eigenvalue weighted by Crippen LogP contribution is -2.57. The Morgan fingerprint density at radius 2 is 1.92 bits per heavy atom. The van der Waals surface area contributed by atoms with Gasteiger partial charge in [-0.25, -0.2) is 4.98 Å². The van der Waals surface area contributed by atoms with Crippen LogP contribution in [0.2, 0.25) is 0 Å². The van der Waals surface area contributed by atoms with Crippen LogP contribution >= 0.6 is 0 Å². The Morgan fingerprint density at radius 3 is 2.68 bits per heavy atom. The highest BCUT2D eigenvalue weighted by Gasteiger charge is 2.51. The molecule has 2 N–H and O–H groups in total. The lowest BCUT2D eigenvalue weighted by Gasteiger charge is -2.43. The van der Waals surface area contributed by atoms with Crippen LogP contribution in [0, 0.1) is 0 Å². The van der Waals surface area contributed by atoms with E-state index in [-0.39, 0.29) is 5.91 Å². The van der Waals surface area contributed by atoms with E-state index in [1.165, 1.54) is 12.8 Å². The van der Waals surface area contributed by atoms with E-state index in [0.29, 0.717) is 18.6 Å². The zero-order chi connectivity index (χ0) is 25.1. The zero-order valence-corrected chi connectivity index (χ0v) is 21.6. The van der Waals surface area contributed by atoms with Gasteiger partial charge >= 0.3 is 0 Å². The first-order valence-electron chi connectivity index (χ1n) is 13.9. The standard InChI is InChI=1S/C28H38N6O3/c35-26-28(12-13-29-26)11-3-4-21-20-30-27(32-25(21)34(28)23-5-1-2-6-23)31-22-7-9-24(10-8-22)37-19-16-33-14-17-36-18-15-33/h7-10,20,23H,1-6,11-19H2,(H,29,35)(H,30,31,32). The van der Waals surface area contributed by atoms with Crippen molar-refractivity contribution in [3.63, 3.8) is 0 Å². The number of morpholine rings is 1. The van der Waals surface area contributed by atoms with Gasteiger partial charge < -0.3 is 25.0 Å². The SMILES string of the molecule is O=C1NCCC12CCCc1cnc(Nc3ccc(OCCN4CCOCC4)cc3)nc1N2C1CCCC1. The summed E-state index contributed by atoms with van der Waals surface area (Å²) in [4.78, 5) is 27.7. The number of benzene rings is 1. The van der Waals surface area contributed by atoms with Gasteiger partial charge in [0.15, 0.2) is 0 Å². The van der Waals surface area contributed by atoms with E-state index in [0.717, 1.165) is 101 Å². The van der Waals surface area contributed by atoms with Crippen molar-refractivity contribution in [2.75, 3.05) is 56.2 Å². The maximum Gasteiger partial charge on any atom is 0.246 e. The highest BCUT2D eigenvalue weighted by atomic mass is 16.5. The minimum absolute atomic E-state index is 0.171. The maximum absolute atomic E-state index is 13.2. The molecule has 1 aromatic heterocycles. The van der Waals surface area contributed by atoms with Crippen LogP contribution < -0.4 is 20.3 Å². The molecule has 6 rings (SSSR count). The molecule has 1 amide bonds. The van der Waals surface area contributed by atoms with Crippen molar-refractivity contribution >= 4 is 23.4 Å². The van der Waals surface area contributed by atoms with Crippen LogP contribution in [-0.4, -0.2) is 78.4 Å². The first-order valence-corrected chi connectivity index (χ1v) is 13.9. The average molecular weight is 507 g/mol. The summed E-state index contributed by atoms with van der Waals surface area (Å²) < 4.78 is 11.4. The second-order valence-corrected chi connectivity index (χ2v) is 10.7. The van der Waals surface area contributed by atoms with Crippen LogP contribution in [0.1, 0.15) is 50.5 Å². The Morgan fingerprint density at radius 1 is 1.11 bits per heavy atom. The van der Waals surface area contributed by atoms with E-state index in [1.54, 1.807) is 0 Å². The summed E-state index contributed by atoms with van der Waals surface area (Å²) in [5.41, 5.74) is 1.58. The predicted octanol–water partition coefficient (Wildman–Crippen LogP) is 3.28. The molecule has 3 aliphatic heterocycles. The van der Waals surface area contributed by atoms with Crippen LogP contribution in [0.25, 0.3) is 0 Å². The molecule has 9 nitrogen and oxygen atoms in total. The molecule has 4 heterocycles. The summed E-state index contributed by atoms with van der Waals surface area (Å²) in [7, 11) is 0. The number of anilines is 3. The Kier molecular flexibility index (Phi) is 7.15. The zero-order valence-electron chi connectivity index (χ0n) is 21.6. The first-order chi connectivity index (χ1) is 18.2. The van der Waals surface area contributed by atoms with Gasteiger partial charge in [0.1, 0.15) is 23.7 Å². The summed E-state index contributed by atoms with van der Waals surface area (Å²) >= 11 is 0. The van der Waals surface area contributed by atoms with Crippen molar-refractivity contribution in [3.05, 3.63) is 36.0 Å². The summed E-state index contributed by atoms with van der Waals surface area (Å²) in [5, 5.41) is 6.51. The van der Waals surface area contributed by atoms with Gasteiger partial charge in [0.2, 0.25) is 11.9 Å². The number of hydrogen-bond donors (Lipinski definition) is 2. The largest absolute Gasteiger partial charge is 0.492 e. The molecule has 9 heteroatoms. The van der Waals surface area contributed by atoms with Gasteiger partial charge in [0, 0.05) is 49.7 Å². The molecule has 4 aliphatic rings. The number of aryl methyl sites for hydroxylation is 1. The van der Waals surface area contributed by atoms with E-state index in [2.05, 4.69) is 25.4 Å². The lowest BCUT2D eigenvalue weighted by atomic mass is 9.88. The predicted molar refractivity (Wildman–Crippen MR) is 143 cm³/mol. The van der Waals surface area contributed by atoms with Gasteiger partial charge in [-0.1, -0.05) is 12.8 Å². The molecule has 3 fully saturated rings. The van der Waals surface area contributed by atoms with Gasteiger partial charge in [-0.15, -0.1) is 0 Å². The fourth-order valence-electron chi connectivity index (χ4n) is 6.43. The molecular weight excluding hydrogens is 468 g/mol. The first kappa shape index (κ1) is 24.4. The molecule has 0 radical (unpaired) electrons. The normalized spacial score (nSPS) is 24.6. The quantitative estimate of drug-likeness (QED) is 0.591. The molecule has 2 aromatic rings. The monoisotopic (exact) mass is 506 g/mol. The van der Waals surface area contributed by atoms with Crippen LogP contribution in [0.5, 0.6) is 5.75 Å². The van der Waals surface area contributed by atoms with Crippen LogP contribution in [0.4, 0.5) is 17.5 Å². The van der Waals surface area contributed by atoms with Crippen molar-refractivity contribution in [1.29, 1.82) is 0 Å². The van der Waals surface area contributed by atoms with E-state index >= 15 is 0 Å². The van der Waals surface area contributed by atoms with Crippen LogP contribution in [-0.2, 0) is 16.0 Å². The number of fused-ring (bicyclic) bond motifs is 1. The lowest BCUT2D eigenvalue weighted by molar-refractivity contribution is -0.124. The van der Waals surface area contributed by atoms with Crippen LogP contribution in [0.3, 0.4) is 0 Å². The molecule has 198 valence electrons. The number of carbonyl (C=O) groups is 1. The molecular formula is C28H38N6O3. The number of aromatic nitrogens is 2. The number of carbonyl (C=O) groups excluding carboxylic acids is 1. The Hall–Kier alpha value is -2.91. The highest BCUT2D eigenvalue weighted by molar-refractivity contribution is 5.92. The fourth-order valence-corrected chi connectivity index (χ4v) is 6.43. The number of rotatable bonds is 7. The third-order valence-corrected chi connectivity index (χ3v) is 8.39. The number of ether oxygens (including phenoxy) is 2. The Bertz CT molecular complexity index is 1080. The molecule has 37 heavy (non-hydrogen) atoms. The summed E-state index contributed by atoms with van der Waals surface area (Å²) in [6.07, 6.45) is 10.2. The van der Waals surface area contributed by atoms with E-state index in [9.17, 15) is 4.79 Å². The van der Waals surface area contributed by atoms with Crippen molar-refractivity contribution in [2.45, 2.75) is 62.9 Å².